The molecule has 1 aromatic carbocycles. The molecule has 5 rings (SSSR count). The lowest BCUT2D eigenvalue weighted by molar-refractivity contribution is 0.159. The normalized spacial score (nSPS) is 23.3. The summed E-state index contributed by atoms with van der Waals surface area (Å²) in [4.78, 5) is 18.7. The van der Waals surface area contributed by atoms with E-state index in [1.807, 2.05) is 24.0 Å². The van der Waals surface area contributed by atoms with E-state index in [1.54, 1.807) is 42.0 Å². The topological polar surface area (TPSA) is 69.9 Å². The fourth-order valence-electron chi connectivity index (χ4n) is 4.98. The van der Waals surface area contributed by atoms with Crippen LogP contribution in [0.15, 0.2) is 36.7 Å². The van der Waals surface area contributed by atoms with Crippen LogP contribution in [0.4, 0.5) is 14.9 Å². The third-order valence-corrected chi connectivity index (χ3v) is 6.19. The number of hydrogen-bond acceptors (Lipinski definition) is 5. The predicted molar refractivity (Wildman–Crippen MR) is 110 cm³/mol. The van der Waals surface area contributed by atoms with Crippen molar-refractivity contribution in [2.45, 2.75) is 13.0 Å². The van der Waals surface area contributed by atoms with Gasteiger partial charge in [-0.2, -0.15) is 9.61 Å². The van der Waals surface area contributed by atoms with E-state index < -0.39 is 0 Å². The molecule has 156 valence electrons. The highest BCUT2D eigenvalue weighted by Gasteiger charge is 2.50. The Kier molecular flexibility index (Phi) is 4.34. The summed E-state index contributed by atoms with van der Waals surface area (Å²) in [6, 6.07) is 8.46. The van der Waals surface area contributed by atoms with Crippen molar-refractivity contribution in [1.82, 2.24) is 29.6 Å². The summed E-state index contributed by atoms with van der Waals surface area (Å²) in [6.45, 7) is 4.16. The number of urea groups is 1. The molecule has 0 aliphatic carbocycles. The van der Waals surface area contributed by atoms with Crippen LogP contribution in [-0.4, -0.2) is 69.4 Å². The molecule has 2 saturated heterocycles. The summed E-state index contributed by atoms with van der Waals surface area (Å²) in [7, 11) is 3.51. The summed E-state index contributed by atoms with van der Waals surface area (Å²) < 4.78 is 15.7. The van der Waals surface area contributed by atoms with Crippen LogP contribution >= 0.6 is 0 Å². The zero-order valence-corrected chi connectivity index (χ0v) is 17.2. The molecule has 0 radical (unpaired) electrons. The third-order valence-electron chi connectivity index (χ3n) is 6.19. The van der Waals surface area contributed by atoms with Gasteiger partial charge in [-0.25, -0.2) is 9.18 Å². The second-order valence-corrected chi connectivity index (χ2v) is 8.43. The molecule has 3 aromatic rings. The van der Waals surface area contributed by atoms with Gasteiger partial charge in [0.05, 0.1) is 17.4 Å². The molecule has 2 fully saturated rings. The van der Waals surface area contributed by atoms with Gasteiger partial charge < -0.3 is 14.7 Å². The monoisotopic (exact) mass is 409 g/mol. The van der Waals surface area contributed by atoms with Gasteiger partial charge in [-0.1, -0.05) is 12.1 Å². The van der Waals surface area contributed by atoms with Crippen molar-refractivity contribution in [3.8, 4) is 0 Å². The van der Waals surface area contributed by atoms with Crippen molar-refractivity contribution in [2.24, 2.45) is 11.8 Å². The number of fused-ring (bicyclic) bond motifs is 2. The highest BCUT2D eigenvalue weighted by molar-refractivity contribution is 5.75. The Balaban J connectivity index is 1.51. The maximum absolute atomic E-state index is 14.0. The van der Waals surface area contributed by atoms with E-state index in [2.05, 4.69) is 20.2 Å². The van der Waals surface area contributed by atoms with Gasteiger partial charge in [-0.05, 0) is 30.7 Å². The van der Waals surface area contributed by atoms with Crippen LogP contribution in [0.2, 0.25) is 0 Å². The molecular formula is C21H24FN7O. The Bertz CT molecular complexity index is 1110. The van der Waals surface area contributed by atoms with Crippen LogP contribution in [0.5, 0.6) is 0 Å². The number of rotatable bonds is 2. The summed E-state index contributed by atoms with van der Waals surface area (Å²) in [5.41, 5.74) is 3.46. The van der Waals surface area contributed by atoms with Crippen molar-refractivity contribution >= 4 is 17.4 Å². The zero-order valence-electron chi connectivity index (χ0n) is 17.2. The summed E-state index contributed by atoms with van der Waals surface area (Å²) >= 11 is 0. The van der Waals surface area contributed by atoms with Gasteiger partial charge in [0.15, 0.2) is 0 Å². The minimum atomic E-state index is -0.280. The van der Waals surface area contributed by atoms with Crippen LogP contribution in [0.3, 0.4) is 0 Å². The predicted octanol–water partition coefficient (Wildman–Crippen LogP) is 2.36. The van der Waals surface area contributed by atoms with E-state index in [4.69, 9.17) is 0 Å². The number of halogens is 1. The number of nitrogens with zero attached hydrogens (tertiary/aromatic N) is 7. The Morgan fingerprint density at radius 1 is 1.20 bits per heavy atom. The van der Waals surface area contributed by atoms with E-state index in [0.717, 1.165) is 35.7 Å². The first kappa shape index (κ1) is 18.8. The molecule has 8 nitrogen and oxygen atoms in total. The van der Waals surface area contributed by atoms with E-state index in [0.29, 0.717) is 12.5 Å². The summed E-state index contributed by atoms with van der Waals surface area (Å²) in [5.74, 6) is 0.212. The maximum atomic E-state index is 14.0. The Morgan fingerprint density at radius 3 is 2.80 bits per heavy atom. The summed E-state index contributed by atoms with van der Waals surface area (Å²) in [5, 5.41) is 12.7. The number of likely N-dealkylation sites (tertiary alicyclic amines) is 1. The number of carbonyl (C=O) groups excluding carboxylic acids is 1. The zero-order chi connectivity index (χ0) is 21.0. The lowest BCUT2D eigenvalue weighted by Crippen LogP contribution is -2.41. The average molecular weight is 409 g/mol. The minimum absolute atomic E-state index is 0.0372. The molecule has 0 saturated carbocycles. The fraction of sp³-hybridized carbons (Fsp3) is 0.429. The Morgan fingerprint density at radius 2 is 2.03 bits per heavy atom. The second kappa shape index (κ2) is 6.93. The molecule has 9 heteroatoms. The third kappa shape index (κ3) is 2.96. The SMILES string of the molecule is Cc1cc(N2C[C@@H]3CN(C(=O)N(C)C)[C@@H](c4cccc(F)c4)[C@@H]3C2)c2nncn2n1. The largest absolute Gasteiger partial charge is 0.368 e. The fourth-order valence-corrected chi connectivity index (χ4v) is 4.98. The highest BCUT2D eigenvalue weighted by Crippen LogP contribution is 2.46. The molecule has 2 amide bonds. The van der Waals surface area contributed by atoms with Crippen LogP contribution in [0.25, 0.3) is 5.65 Å². The molecule has 30 heavy (non-hydrogen) atoms. The minimum Gasteiger partial charge on any atom is -0.368 e. The van der Waals surface area contributed by atoms with Gasteiger partial charge >= 0.3 is 6.03 Å². The molecular weight excluding hydrogens is 385 g/mol. The number of hydrogen-bond donors (Lipinski definition) is 0. The molecule has 0 N–H and O–H groups in total. The van der Waals surface area contributed by atoms with E-state index in [1.165, 1.54) is 6.07 Å². The molecule has 0 spiro atoms. The number of benzene rings is 1. The smallest absolute Gasteiger partial charge is 0.320 e. The van der Waals surface area contributed by atoms with Gasteiger partial charge in [0.2, 0.25) is 5.65 Å². The number of carbonyl (C=O) groups is 1. The number of aromatic nitrogens is 4. The van der Waals surface area contributed by atoms with Crippen molar-refractivity contribution in [3.63, 3.8) is 0 Å². The van der Waals surface area contributed by atoms with Crippen LogP contribution in [-0.2, 0) is 0 Å². The van der Waals surface area contributed by atoms with Crippen LogP contribution in [0.1, 0.15) is 17.3 Å². The van der Waals surface area contributed by atoms with Gasteiger partial charge in [0.1, 0.15) is 12.1 Å². The van der Waals surface area contributed by atoms with Gasteiger partial charge in [0, 0.05) is 45.6 Å². The first-order valence-electron chi connectivity index (χ1n) is 10.1. The highest BCUT2D eigenvalue weighted by atomic mass is 19.1. The summed E-state index contributed by atoms with van der Waals surface area (Å²) in [6.07, 6.45) is 1.61. The van der Waals surface area contributed by atoms with Gasteiger partial charge in [-0.3, -0.25) is 0 Å². The van der Waals surface area contributed by atoms with E-state index in [9.17, 15) is 9.18 Å². The molecule has 2 aliphatic heterocycles. The van der Waals surface area contributed by atoms with Crippen molar-refractivity contribution in [2.75, 3.05) is 38.6 Å². The van der Waals surface area contributed by atoms with Crippen LogP contribution in [0, 0.1) is 24.6 Å². The van der Waals surface area contributed by atoms with Crippen LogP contribution < -0.4 is 4.90 Å². The van der Waals surface area contributed by atoms with E-state index in [-0.39, 0.29) is 23.8 Å². The lowest BCUT2D eigenvalue weighted by Gasteiger charge is -2.32. The van der Waals surface area contributed by atoms with E-state index >= 15 is 0 Å². The maximum Gasteiger partial charge on any atom is 0.320 e. The first-order valence-corrected chi connectivity index (χ1v) is 10.1. The first-order chi connectivity index (χ1) is 14.4. The molecule has 3 atom stereocenters. The number of amides is 2. The Labute approximate surface area is 173 Å². The number of aryl methyl sites for hydroxylation is 1. The van der Waals surface area contributed by atoms with Gasteiger partial charge in [-0.15, -0.1) is 10.2 Å². The molecule has 4 heterocycles. The standard InChI is InChI=1S/C21H24FN7O/c1-13-7-18(20-24-23-12-29(20)25-13)27-9-15-10-28(21(30)26(2)3)19(17(15)11-27)14-5-4-6-16(22)8-14/h4-8,12,15,17,19H,9-11H2,1-3H3/t15-,17-,19+/m1/s1. The van der Waals surface area contributed by atoms with Gasteiger partial charge in [0.25, 0.3) is 0 Å². The van der Waals surface area contributed by atoms with Crippen molar-refractivity contribution < 1.29 is 9.18 Å². The molecule has 2 aromatic heterocycles. The number of anilines is 1. The molecule has 0 bridgehead atoms. The second-order valence-electron chi connectivity index (χ2n) is 8.43. The average Bonchev–Trinajstić information content (AvgIpc) is 3.40. The van der Waals surface area contributed by atoms with Crippen molar-refractivity contribution in [1.29, 1.82) is 0 Å². The molecule has 2 aliphatic rings. The van der Waals surface area contributed by atoms with Crippen molar-refractivity contribution in [3.05, 3.63) is 53.7 Å². The Hall–Kier alpha value is -3.23. The lowest BCUT2D eigenvalue weighted by atomic mass is 9.89. The quantitative estimate of drug-likeness (QED) is 0.650. The molecule has 0 unspecified atom stereocenters.